The molecule has 35 heavy (non-hydrogen) atoms. The highest BCUT2D eigenvalue weighted by molar-refractivity contribution is 6.30. The van der Waals surface area contributed by atoms with Gasteiger partial charge in [-0.1, -0.05) is 84.4 Å². The fraction of sp³-hybridized carbons (Fsp3) is 0.133. The summed E-state index contributed by atoms with van der Waals surface area (Å²) in [5, 5.41) is 3.63. The molecule has 0 fully saturated rings. The van der Waals surface area contributed by atoms with Gasteiger partial charge in [0.2, 0.25) is 5.91 Å². The third-order valence-electron chi connectivity index (χ3n) is 5.78. The molecule has 0 saturated heterocycles. The van der Waals surface area contributed by atoms with Crippen LogP contribution in [0.2, 0.25) is 5.02 Å². The second kappa shape index (κ2) is 11.5. The minimum absolute atomic E-state index is 0.0721. The largest absolute Gasteiger partial charge is 0.349 e. The van der Waals surface area contributed by atoms with Crippen molar-refractivity contribution < 1.29 is 9.59 Å². The van der Waals surface area contributed by atoms with Crippen LogP contribution in [0.3, 0.4) is 0 Å². The predicted molar refractivity (Wildman–Crippen MR) is 142 cm³/mol. The molecule has 176 valence electrons. The number of halogens is 1. The molecule has 0 saturated carbocycles. The summed E-state index contributed by atoms with van der Waals surface area (Å²) in [6.45, 7) is 2.37. The Bertz CT molecular complexity index is 1270. The van der Waals surface area contributed by atoms with Crippen LogP contribution in [0, 0.1) is 0 Å². The van der Waals surface area contributed by atoms with Gasteiger partial charge in [-0.15, -0.1) is 0 Å². The molecule has 5 heteroatoms. The summed E-state index contributed by atoms with van der Waals surface area (Å²) in [5.41, 5.74) is 4.18. The molecule has 0 aliphatic rings. The lowest BCUT2D eigenvalue weighted by Gasteiger charge is -2.24. The molecule has 1 N–H and O–H groups in total. The minimum Gasteiger partial charge on any atom is -0.349 e. The summed E-state index contributed by atoms with van der Waals surface area (Å²) < 4.78 is 0. The highest BCUT2D eigenvalue weighted by Crippen LogP contribution is 2.23. The maximum Gasteiger partial charge on any atom is 0.258 e. The van der Waals surface area contributed by atoms with Crippen molar-refractivity contribution in [2.24, 2.45) is 0 Å². The Labute approximate surface area is 211 Å². The zero-order chi connectivity index (χ0) is 24.6. The van der Waals surface area contributed by atoms with E-state index in [9.17, 15) is 9.59 Å². The van der Waals surface area contributed by atoms with E-state index in [1.54, 1.807) is 29.2 Å². The van der Waals surface area contributed by atoms with Crippen molar-refractivity contribution in [2.45, 2.75) is 25.9 Å². The van der Waals surface area contributed by atoms with Gasteiger partial charge in [0.25, 0.3) is 5.91 Å². The molecule has 0 heterocycles. The van der Waals surface area contributed by atoms with E-state index < -0.39 is 0 Å². The monoisotopic (exact) mass is 482 g/mol. The summed E-state index contributed by atoms with van der Waals surface area (Å²) in [6, 6.07) is 34.1. The normalized spacial score (nSPS) is 11.5. The van der Waals surface area contributed by atoms with E-state index in [-0.39, 0.29) is 24.3 Å². The molecule has 0 bridgehead atoms. The number of hydrogen-bond acceptors (Lipinski definition) is 2. The number of anilines is 1. The van der Waals surface area contributed by atoms with Crippen LogP contribution < -0.4 is 10.2 Å². The van der Waals surface area contributed by atoms with Crippen LogP contribution in [0.25, 0.3) is 0 Å². The molecule has 0 aromatic heterocycles. The van der Waals surface area contributed by atoms with Crippen molar-refractivity contribution in [1.29, 1.82) is 0 Å². The Morgan fingerprint density at radius 3 is 2.11 bits per heavy atom. The Balaban J connectivity index is 1.55. The average molecular weight is 483 g/mol. The topological polar surface area (TPSA) is 49.4 Å². The first-order valence-corrected chi connectivity index (χ1v) is 11.9. The zero-order valence-corrected chi connectivity index (χ0v) is 20.3. The fourth-order valence-electron chi connectivity index (χ4n) is 3.93. The lowest BCUT2D eigenvalue weighted by Crippen LogP contribution is -2.31. The second-order valence-electron chi connectivity index (χ2n) is 8.43. The van der Waals surface area contributed by atoms with Gasteiger partial charge in [0.1, 0.15) is 0 Å². The summed E-state index contributed by atoms with van der Waals surface area (Å²) in [7, 11) is 0. The van der Waals surface area contributed by atoms with Crippen LogP contribution >= 0.6 is 11.6 Å². The number of hydrogen-bond donors (Lipinski definition) is 1. The molecule has 4 aromatic carbocycles. The number of amides is 2. The van der Waals surface area contributed by atoms with E-state index in [0.717, 1.165) is 22.4 Å². The number of rotatable bonds is 8. The molecule has 2 amide bonds. The lowest BCUT2D eigenvalue weighted by atomic mass is 10.1. The highest BCUT2D eigenvalue weighted by atomic mass is 35.5. The highest BCUT2D eigenvalue weighted by Gasteiger charge is 2.19. The fourth-order valence-corrected chi connectivity index (χ4v) is 4.06. The van der Waals surface area contributed by atoms with Gasteiger partial charge in [-0.2, -0.15) is 0 Å². The van der Waals surface area contributed by atoms with E-state index in [2.05, 4.69) is 5.32 Å². The van der Waals surface area contributed by atoms with Crippen molar-refractivity contribution in [2.75, 3.05) is 4.90 Å². The minimum atomic E-state index is -0.134. The number of carbonyl (C=O) groups is 2. The molecule has 1 unspecified atom stereocenters. The zero-order valence-electron chi connectivity index (χ0n) is 19.5. The van der Waals surface area contributed by atoms with E-state index in [1.165, 1.54) is 0 Å². The van der Waals surface area contributed by atoms with Crippen molar-refractivity contribution in [3.05, 3.63) is 136 Å². The van der Waals surface area contributed by atoms with E-state index in [1.807, 2.05) is 91.9 Å². The van der Waals surface area contributed by atoms with Gasteiger partial charge >= 0.3 is 0 Å². The molecular weight excluding hydrogens is 456 g/mol. The van der Waals surface area contributed by atoms with Crippen molar-refractivity contribution >= 4 is 29.1 Å². The number of carbonyl (C=O) groups excluding carboxylic acids is 2. The molecule has 4 nitrogen and oxygen atoms in total. The van der Waals surface area contributed by atoms with Gasteiger partial charge in [0, 0.05) is 16.3 Å². The lowest BCUT2D eigenvalue weighted by molar-refractivity contribution is -0.121. The number of nitrogens with one attached hydrogen (secondary N) is 1. The van der Waals surface area contributed by atoms with Crippen LogP contribution in [0.4, 0.5) is 5.69 Å². The summed E-state index contributed by atoms with van der Waals surface area (Å²) in [5.74, 6) is -0.207. The maximum absolute atomic E-state index is 13.5. The van der Waals surface area contributed by atoms with Gasteiger partial charge in [-0.25, -0.2) is 0 Å². The van der Waals surface area contributed by atoms with Gasteiger partial charge < -0.3 is 10.2 Å². The van der Waals surface area contributed by atoms with Crippen molar-refractivity contribution in [3.8, 4) is 0 Å². The quantitative estimate of drug-likeness (QED) is 0.307. The molecular formula is C30H27ClN2O2. The van der Waals surface area contributed by atoms with Gasteiger partial charge in [-0.05, 0) is 60.0 Å². The molecule has 4 rings (SSSR count). The van der Waals surface area contributed by atoms with E-state index >= 15 is 0 Å². The van der Waals surface area contributed by atoms with E-state index in [0.29, 0.717) is 17.1 Å². The number of benzene rings is 4. The van der Waals surface area contributed by atoms with Gasteiger partial charge in [0.15, 0.2) is 0 Å². The van der Waals surface area contributed by atoms with Crippen LogP contribution in [-0.4, -0.2) is 11.8 Å². The number of nitrogens with zero attached hydrogens (tertiary/aromatic N) is 1. The van der Waals surface area contributed by atoms with Crippen molar-refractivity contribution in [1.82, 2.24) is 5.32 Å². The van der Waals surface area contributed by atoms with Gasteiger partial charge in [0.05, 0.1) is 19.0 Å². The molecule has 0 aliphatic carbocycles. The van der Waals surface area contributed by atoms with Crippen molar-refractivity contribution in [3.63, 3.8) is 0 Å². The second-order valence-corrected chi connectivity index (χ2v) is 8.87. The van der Waals surface area contributed by atoms with Crippen LogP contribution in [0.5, 0.6) is 0 Å². The Hall–Kier alpha value is -3.89. The van der Waals surface area contributed by atoms with Crippen LogP contribution in [0.1, 0.15) is 40.0 Å². The third kappa shape index (κ3) is 6.58. The standard InChI is InChI=1S/C30H27ClN2O2/c1-22(25-12-6-3-7-13-25)32-29(34)20-24-11-8-14-28(19-24)33(21-23-9-4-2-5-10-23)30(35)26-15-17-27(31)18-16-26/h2-19,22H,20-21H2,1H3,(H,32,34). The Morgan fingerprint density at radius 2 is 1.43 bits per heavy atom. The smallest absolute Gasteiger partial charge is 0.258 e. The predicted octanol–water partition coefficient (Wildman–Crippen LogP) is 6.61. The van der Waals surface area contributed by atoms with Crippen LogP contribution in [0.15, 0.2) is 109 Å². The average Bonchev–Trinajstić information content (AvgIpc) is 2.88. The van der Waals surface area contributed by atoms with Crippen LogP contribution in [-0.2, 0) is 17.8 Å². The molecule has 0 spiro atoms. The summed E-state index contributed by atoms with van der Waals surface area (Å²) in [4.78, 5) is 28.0. The molecule has 1 atom stereocenters. The van der Waals surface area contributed by atoms with E-state index in [4.69, 9.17) is 11.6 Å². The first-order chi connectivity index (χ1) is 17.0. The Morgan fingerprint density at radius 1 is 0.800 bits per heavy atom. The first-order valence-electron chi connectivity index (χ1n) is 11.5. The Kier molecular flexibility index (Phi) is 7.96. The molecule has 0 aliphatic heterocycles. The first kappa shape index (κ1) is 24.2. The SMILES string of the molecule is CC(NC(=O)Cc1cccc(N(Cc2ccccc2)C(=O)c2ccc(Cl)cc2)c1)c1ccccc1. The summed E-state index contributed by atoms with van der Waals surface area (Å²) >= 11 is 6.02. The molecule has 0 radical (unpaired) electrons. The van der Waals surface area contributed by atoms with Gasteiger partial charge in [-0.3, -0.25) is 9.59 Å². The molecule has 4 aromatic rings. The third-order valence-corrected chi connectivity index (χ3v) is 6.04. The summed E-state index contributed by atoms with van der Waals surface area (Å²) in [6.07, 6.45) is 0.222. The maximum atomic E-state index is 13.5.